The minimum atomic E-state index is -0.209. The highest BCUT2D eigenvalue weighted by Crippen LogP contribution is 2.26. The van der Waals surface area contributed by atoms with Crippen LogP contribution < -0.4 is 4.90 Å². The number of carbonyl (C=O) groups is 2. The van der Waals surface area contributed by atoms with Gasteiger partial charge in [0.25, 0.3) is 5.91 Å². The molecule has 3 heterocycles. The molecular weight excluding hydrogens is 347 g/mol. The Labute approximate surface area is 159 Å². The van der Waals surface area contributed by atoms with Crippen LogP contribution in [0.3, 0.4) is 0 Å². The normalized spacial score (nSPS) is 23.9. The monoisotopic (exact) mass is 374 g/mol. The van der Waals surface area contributed by atoms with E-state index in [1.165, 1.54) is 17.0 Å². The Morgan fingerprint density at radius 2 is 1.67 bits per heavy atom. The van der Waals surface area contributed by atoms with Crippen LogP contribution in [0.1, 0.15) is 25.7 Å². The van der Waals surface area contributed by atoms with Crippen molar-refractivity contribution in [3.63, 3.8) is 0 Å². The van der Waals surface area contributed by atoms with E-state index in [0.29, 0.717) is 6.54 Å². The zero-order valence-corrected chi connectivity index (χ0v) is 15.6. The molecule has 3 fully saturated rings. The number of rotatable bonds is 5. The van der Waals surface area contributed by atoms with Gasteiger partial charge >= 0.3 is 6.03 Å². The summed E-state index contributed by atoms with van der Waals surface area (Å²) in [5.41, 5.74) is 1.06. The number of benzene rings is 1. The highest BCUT2D eigenvalue weighted by molar-refractivity contribution is 6.04. The van der Waals surface area contributed by atoms with Gasteiger partial charge in [0.05, 0.1) is 0 Å². The van der Waals surface area contributed by atoms with E-state index >= 15 is 0 Å². The van der Waals surface area contributed by atoms with Gasteiger partial charge in [-0.1, -0.05) is 0 Å². The molecule has 1 aromatic carbocycles. The second kappa shape index (κ2) is 7.84. The van der Waals surface area contributed by atoms with E-state index in [2.05, 4.69) is 9.80 Å². The molecule has 0 N–H and O–H groups in total. The van der Waals surface area contributed by atoms with Crippen molar-refractivity contribution >= 4 is 17.6 Å². The van der Waals surface area contributed by atoms with E-state index in [0.717, 1.165) is 70.6 Å². The van der Waals surface area contributed by atoms with Gasteiger partial charge in [-0.3, -0.25) is 14.6 Å². The summed E-state index contributed by atoms with van der Waals surface area (Å²) in [5.74, 6) is -0.208. The van der Waals surface area contributed by atoms with Crippen LogP contribution in [0.15, 0.2) is 24.3 Å². The van der Waals surface area contributed by atoms with Crippen molar-refractivity contribution in [2.24, 2.45) is 0 Å². The fourth-order valence-electron chi connectivity index (χ4n) is 4.39. The molecule has 3 aliphatic rings. The Bertz CT molecular complexity index is 664. The summed E-state index contributed by atoms with van der Waals surface area (Å²) in [6.45, 7) is 5.81. The van der Waals surface area contributed by atoms with Crippen LogP contribution in [-0.2, 0) is 4.79 Å². The Morgan fingerprint density at radius 3 is 2.37 bits per heavy atom. The Morgan fingerprint density at radius 1 is 0.926 bits per heavy atom. The van der Waals surface area contributed by atoms with E-state index in [1.54, 1.807) is 4.90 Å². The number of piperazine rings is 1. The van der Waals surface area contributed by atoms with Gasteiger partial charge in [0.15, 0.2) is 0 Å². The summed E-state index contributed by atoms with van der Waals surface area (Å²) in [5, 5.41) is 0. The first-order chi connectivity index (χ1) is 13.1. The maximum atomic E-state index is 13.1. The van der Waals surface area contributed by atoms with E-state index in [1.807, 2.05) is 12.1 Å². The first-order valence-corrected chi connectivity index (χ1v) is 9.98. The van der Waals surface area contributed by atoms with Crippen molar-refractivity contribution in [3.05, 3.63) is 30.1 Å². The van der Waals surface area contributed by atoms with Crippen LogP contribution >= 0.6 is 0 Å². The highest BCUT2D eigenvalue weighted by atomic mass is 19.1. The van der Waals surface area contributed by atoms with Crippen LogP contribution in [0.4, 0.5) is 14.9 Å². The number of amides is 3. The van der Waals surface area contributed by atoms with Crippen LogP contribution in [0.25, 0.3) is 0 Å². The summed E-state index contributed by atoms with van der Waals surface area (Å²) in [6.07, 6.45) is 3.66. The maximum absolute atomic E-state index is 13.1. The highest BCUT2D eigenvalue weighted by Gasteiger charge is 2.45. The molecule has 0 radical (unpaired) electrons. The molecule has 27 heavy (non-hydrogen) atoms. The van der Waals surface area contributed by atoms with Gasteiger partial charge in [-0.2, -0.15) is 0 Å². The number of imide groups is 1. The average Bonchev–Trinajstić information content (AvgIpc) is 2.94. The van der Waals surface area contributed by atoms with Crippen molar-refractivity contribution < 1.29 is 14.0 Å². The van der Waals surface area contributed by atoms with Gasteiger partial charge in [-0.25, -0.2) is 9.18 Å². The number of hydrogen-bond donors (Lipinski definition) is 0. The predicted molar refractivity (Wildman–Crippen MR) is 101 cm³/mol. The third-order valence-corrected chi connectivity index (χ3v) is 5.95. The molecule has 1 aromatic rings. The van der Waals surface area contributed by atoms with Crippen LogP contribution in [0.2, 0.25) is 0 Å². The maximum Gasteiger partial charge on any atom is 0.327 e. The molecule has 1 atom stereocenters. The first kappa shape index (κ1) is 18.2. The summed E-state index contributed by atoms with van der Waals surface area (Å²) in [6, 6.07) is 6.35. The third kappa shape index (κ3) is 3.78. The van der Waals surface area contributed by atoms with Gasteiger partial charge in [-0.05, 0) is 56.5 Å². The van der Waals surface area contributed by atoms with Crippen LogP contribution in [-0.4, -0.2) is 78.5 Å². The molecule has 0 aromatic heterocycles. The molecule has 6 nitrogen and oxygen atoms in total. The zero-order chi connectivity index (χ0) is 18.8. The average molecular weight is 374 g/mol. The van der Waals surface area contributed by atoms with Crippen LogP contribution in [0.5, 0.6) is 0 Å². The molecule has 3 saturated heterocycles. The van der Waals surface area contributed by atoms with Gasteiger partial charge in [0.1, 0.15) is 11.9 Å². The van der Waals surface area contributed by atoms with E-state index in [4.69, 9.17) is 0 Å². The van der Waals surface area contributed by atoms with Crippen molar-refractivity contribution in [2.45, 2.75) is 31.7 Å². The lowest BCUT2D eigenvalue weighted by Crippen LogP contribution is -2.47. The first-order valence-electron chi connectivity index (χ1n) is 9.98. The lowest BCUT2D eigenvalue weighted by atomic mass is 10.0. The van der Waals surface area contributed by atoms with Crippen molar-refractivity contribution in [1.82, 2.24) is 14.7 Å². The smallest absolute Gasteiger partial charge is 0.327 e. The number of urea groups is 1. The van der Waals surface area contributed by atoms with E-state index in [9.17, 15) is 14.0 Å². The number of fused-ring (bicyclic) bond motifs is 1. The molecule has 0 saturated carbocycles. The number of piperidine rings is 1. The molecule has 0 unspecified atom stereocenters. The second-order valence-corrected chi connectivity index (χ2v) is 7.64. The summed E-state index contributed by atoms with van der Waals surface area (Å²) in [7, 11) is 0. The van der Waals surface area contributed by atoms with Crippen molar-refractivity contribution in [1.29, 1.82) is 0 Å². The SMILES string of the molecule is O=C1[C@@H]2CCCCN2C(=O)N1CCCN1CCN(c2ccc(F)cc2)CC1. The molecule has 7 heteroatoms. The fraction of sp³-hybridized carbons (Fsp3) is 0.600. The Hall–Kier alpha value is -2.15. The minimum absolute atomic E-state index is 0.000768. The number of halogens is 1. The summed E-state index contributed by atoms with van der Waals surface area (Å²) >= 11 is 0. The fourth-order valence-corrected chi connectivity index (χ4v) is 4.39. The Balaban J connectivity index is 1.22. The number of nitrogens with zero attached hydrogens (tertiary/aromatic N) is 4. The number of hydrogen-bond acceptors (Lipinski definition) is 4. The van der Waals surface area contributed by atoms with Gasteiger partial charge in [-0.15, -0.1) is 0 Å². The predicted octanol–water partition coefficient (Wildman–Crippen LogP) is 2.15. The standard InChI is InChI=1S/C20H27FN4O2/c21-16-5-7-17(8-6-16)23-14-12-22(13-15-23)9-3-11-25-19(26)18-4-1-2-10-24(18)20(25)27/h5-8,18H,1-4,9-15H2/t18-/m0/s1. The minimum Gasteiger partial charge on any atom is -0.369 e. The second-order valence-electron chi connectivity index (χ2n) is 7.64. The zero-order valence-electron chi connectivity index (χ0n) is 15.6. The van der Waals surface area contributed by atoms with Crippen molar-refractivity contribution in [2.75, 3.05) is 50.7 Å². The molecule has 3 aliphatic heterocycles. The lowest BCUT2D eigenvalue weighted by Gasteiger charge is -2.36. The summed E-state index contributed by atoms with van der Waals surface area (Å²) < 4.78 is 13.1. The molecule has 146 valence electrons. The molecule has 0 aliphatic carbocycles. The largest absolute Gasteiger partial charge is 0.369 e. The topological polar surface area (TPSA) is 47.1 Å². The van der Waals surface area contributed by atoms with E-state index in [-0.39, 0.29) is 23.8 Å². The summed E-state index contributed by atoms with van der Waals surface area (Å²) in [4.78, 5) is 32.8. The Kier molecular flexibility index (Phi) is 5.29. The van der Waals surface area contributed by atoms with Gasteiger partial charge in [0, 0.05) is 45.0 Å². The number of carbonyl (C=O) groups excluding carboxylic acids is 2. The molecular formula is C20H27FN4O2. The number of anilines is 1. The van der Waals surface area contributed by atoms with Crippen LogP contribution in [0, 0.1) is 5.82 Å². The molecule has 4 rings (SSSR count). The molecule has 3 amide bonds. The molecule has 0 bridgehead atoms. The third-order valence-electron chi connectivity index (χ3n) is 5.95. The van der Waals surface area contributed by atoms with Gasteiger partial charge in [0.2, 0.25) is 0 Å². The van der Waals surface area contributed by atoms with Crippen molar-refractivity contribution in [3.8, 4) is 0 Å². The lowest BCUT2D eigenvalue weighted by molar-refractivity contribution is -0.128. The van der Waals surface area contributed by atoms with E-state index < -0.39 is 0 Å². The molecule has 0 spiro atoms. The quantitative estimate of drug-likeness (QED) is 0.741. The van der Waals surface area contributed by atoms with Gasteiger partial charge < -0.3 is 9.80 Å².